The van der Waals surface area contributed by atoms with Gasteiger partial charge in [0.1, 0.15) is 10.7 Å². The number of esters is 1. The maximum atomic E-state index is 14.1. The zero-order valence-electron chi connectivity index (χ0n) is 12.8. The van der Waals surface area contributed by atoms with Gasteiger partial charge in [0.05, 0.1) is 12.7 Å². The molecule has 9 heteroatoms. The highest BCUT2D eigenvalue weighted by atomic mass is 32.2. The van der Waals surface area contributed by atoms with Gasteiger partial charge < -0.3 is 9.72 Å². The van der Waals surface area contributed by atoms with Crippen LogP contribution in [0.4, 0.5) is 14.5 Å². The molecule has 130 valence electrons. The van der Waals surface area contributed by atoms with E-state index in [2.05, 4.69) is 14.4 Å². The van der Waals surface area contributed by atoms with Gasteiger partial charge in [-0.3, -0.25) is 4.72 Å². The maximum absolute atomic E-state index is 14.1. The summed E-state index contributed by atoms with van der Waals surface area (Å²) >= 11 is 0. The first kappa shape index (κ1) is 16.9. The summed E-state index contributed by atoms with van der Waals surface area (Å²) in [6.45, 7) is 0. The predicted molar refractivity (Wildman–Crippen MR) is 86.8 cm³/mol. The van der Waals surface area contributed by atoms with Gasteiger partial charge in [-0.05, 0) is 36.4 Å². The molecule has 2 aromatic carbocycles. The van der Waals surface area contributed by atoms with Crippen LogP contribution >= 0.6 is 0 Å². The Morgan fingerprint density at radius 1 is 1.12 bits per heavy atom. The van der Waals surface area contributed by atoms with Crippen LogP contribution in [0.5, 0.6) is 0 Å². The van der Waals surface area contributed by atoms with E-state index in [1.165, 1.54) is 31.4 Å². The molecule has 3 aromatic rings. The van der Waals surface area contributed by atoms with Crippen LogP contribution in [0, 0.1) is 11.8 Å². The first-order chi connectivity index (χ1) is 11.8. The van der Waals surface area contributed by atoms with E-state index in [1.807, 2.05) is 0 Å². The van der Waals surface area contributed by atoms with Crippen molar-refractivity contribution in [3.05, 3.63) is 59.8 Å². The Kier molecular flexibility index (Phi) is 4.17. The van der Waals surface area contributed by atoms with Crippen LogP contribution < -0.4 is 4.72 Å². The number of rotatable bonds is 4. The highest BCUT2D eigenvalue weighted by molar-refractivity contribution is 7.92. The highest BCUT2D eigenvalue weighted by Crippen LogP contribution is 2.25. The van der Waals surface area contributed by atoms with Crippen LogP contribution in [0.1, 0.15) is 10.4 Å². The summed E-state index contributed by atoms with van der Waals surface area (Å²) in [5.41, 5.74) is 0.519. The number of aromatic nitrogens is 1. The summed E-state index contributed by atoms with van der Waals surface area (Å²) in [4.78, 5) is 13.0. The third-order valence-corrected chi connectivity index (χ3v) is 4.88. The number of nitrogens with one attached hydrogen (secondary N) is 2. The van der Waals surface area contributed by atoms with Crippen LogP contribution in [0.3, 0.4) is 0 Å². The number of hydrogen-bond acceptors (Lipinski definition) is 4. The van der Waals surface area contributed by atoms with Crippen molar-refractivity contribution in [2.24, 2.45) is 0 Å². The molecular formula is C16H12F2N2O4S. The molecule has 6 nitrogen and oxygen atoms in total. The second-order valence-electron chi connectivity index (χ2n) is 5.16. The molecule has 0 atom stereocenters. The molecule has 1 heterocycles. The summed E-state index contributed by atoms with van der Waals surface area (Å²) < 4.78 is 58.8. The number of methoxy groups -OCH3 is 1. The zero-order valence-corrected chi connectivity index (χ0v) is 13.7. The van der Waals surface area contributed by atoms with E-state index in [4.69, 9.17) is 0 Å². The van der Waals surface area contributed by atoms with Crippen LogP contribution in [0.15, 0.2) is 47.4 Å². The Hall–Kier alpha value is -2.94. The van der Waals surface area contributed by atoms with Crippen molar-refractivity contribution < 1.29 is 26.7 Å². The Labute approximate surface area is 141 Å². The number of H-pyrrole nitrogens is 1. The van der Waals surface area contributed by atoms with Gasteiger partial charge in [0.25, 0.3) is 10.0 Å². The van der Waals surface area contributed by atoms with Gasteiger partial charge in [-0.25, -0.2) is 17.6 Å². The average molecular weight is 366 g/mol. The minimum absolute atomic E-state index is 0.129. The highest BCUT2D eigenvalue weighted by Gasteiger charge is 2.21. The standard InChI is InChI=1S/C16H12F2N2O4S/c1-24-16(21)9-2-4-11(5-3-9)20-25(22,23)14-8-13-10(6-12(14)17)7-15(18)19-13/h2-8,19-20H,1H3. The largest absolute Gasteiger partial charge is 0.465 e. The molecule has 25 heavy (non-hydrogen) atoms. The molecule has 0 aliphatic rings. The van der Waals surface area contributed by atoms with Crippen molar-refractivity contribution >= 4 is 32.6 Å². The number of anilines is 1. The maximum Gasteiger partial charge on any atom is 0.337 e. The van der Waals surface area contributed by atoms with Gasteiger partial charge in [-0.2, -0.15) is 4.39 Å². The number of aromatic amines is 1. The van der Waals surface area contributed by atoms with Crippen LogP contribution in [-0.4, -0.2) is 26.5 Å². The van der Waals surface area contributed by atoms with E-state index >= 15 is 0 Å². The molecule has 0 aliphatic heterocycles. The van der Waals surface area contributed by atoms with E-state index in [0.717, 1.165) is 18.2 Å². The molecule has 2 N–H and O–H groups in total. The average Bonchev–Trinajstić information content (AvgIpc) is 2.92. The van der Waals surface area contributed by atoms with E-state index in [0.29, 0.717) is 0 Å². The van der Waals surface area contributed by atoms with Crippen LogP contribution in [0.2, 0.25) is 0 Å². The lowest BCUT2D eigenvalue weighted by Crippen LogP contribution is -2.14. The van der Waals surface area contributed by atoms with Gasteiger partial charge >= 0.3 is 5.97 Å². The molecule has 0 bridgehead atoms. The van der Waals surface area contributed by atoms with E-state index in [-0.39, 0.29) is 22.2 Å². The minimum Gasteiger partial charge on any atom is -0.465 e. The first-order valence-electron chi connectivity index (χ1n) is 6.99. The fourth-order valence-corrected chi connectivity index (χ4v) is 3.45. The molecule has 0 saturated heterocycles. The summed E-state index contributed by atoms with van der Waals surface area (Å²) in [6.07, 6.45) is 0. The molecule has 0 radical (unpaired) electrons. The van der Waals surface area contributed by atoms with Crippen molar-refractivity contribution in [2.75, 3.05) is 11.8 Å². The Morgan fingerprint density at radius 2 is 1.80 bits per heavy atom. The topological polar surface area (TPSA) is 88.3 Å². The van der Waals surface area contributed by atoms with Gasteiger partial charge in [-0.1, -0.05) is 0 Å². The lowest BCUT2D eigenvalue weighted by atomic mass is 10.2. The van der Waals surface area contributed by atoms with Gasteiger partial charge in [-0.15, -0.1) is 0 Å². The smallest absolute Gasteiger partial charge is 0.337 e. The number of sulfonamides is 1. The predicted octanol–water partition coefficient (Wildman–Crippen LogP) is 3.03. The number of carbonyl (C=O) groups excluding carboxylic acids is 1. The quantitative estimate of drug-likeness (QED) is 0.695. The molecule has 0 saturated carbocycles. The summed E-state index contributed by atoms with van der Waals surface area (Å²) in [5, 5.41) is 0.219. The second kappa shape index (κ2) is 6.17. The first-order valence-corrected chi connectivity index (χ1v) is 8.47. The van der Waals surface area contributed by atoms with Crippen molar-refractivity contribution in [2.45, 2.75) is 4.90 Å². The van der Waals surface area contributed by atoms with Gasteiger partial charge in [0.2, 0.25) is 0 Å². The fraction of sp³-hybridized carbons (Fsp3) is 0.0625. The number of ether oxygens (including phenoxy) is 1. The van der Waals surface area contributed by atoms with E-state index in [1.54, 1.807) is 0 Å². The van der Waals surface area contributed by atoms with E-state index in [9.17, 15) is 22.0 Å². The molecule has 0 fully saturated rings. The fourth-order valence-electron chi connectivity index (χ4n) is 2.31. The number of hydrogen-bond donors (Lipinski definition) is 2. The van der Waals surface area contributed by atoms with Crippen molar-refractivity contribution in [1.82, 2.24) is 4.98 Å². The monoisotopic (exact) mass is 366 g/mol. The summed E-state index contributed by atoms with van der Waals surface area (Å²) in [7, 11) is -3.02. The van der Waals surface area contributed by atoms with Crippen LogP contribution in [-0.2, 0) is 14.8 Å². The summed E-state index contributed by atoms with van der Waals surface area (Å²) in [5.74, 6) is -2.28. The Balaban J connectivity index is 1.94. The molecule has 0 aliphatic carbocycles. The second-order valence-corrected chi connectivity index (χ2v) is 6.81. The minimum atomic E-state index is -4.25. The number of benzene rings is 2. The zero-order chi connectivity index (χ0) is 18.2. The van der Waals surface area contributed by atoms with Crippen LogP contribution in [0.25, 0.3) is 10.9 Å². The molecule has 3 rings (SSSR count). The van der Waals surface area contributed by atoms with Crippen molar-refractivity contribution in [3.8, 4) is 0 Å². The molecule has 0 amide bonds. The number of halogens is 2. The Bertz CT molecular complexity index is 1060. The van der Waals surface area contributed by atoms with Crippen molar-refractivity contribution in [1.29, 1.82) is 0 Å². The Morgan fingerprint density at radius 3 is 2.44 bits per heavy atom. The van der Waals surface area contributed by atoms with Crippen molar-refractivity contribution in [3.63, 3.8) is 0 Å². The normalized spacial score (nSPS) is 11.5. The number of carbonyl (C=O) groups is 1. The molecular weight excluding hydrogens is 354 g/mol. The lowest BCUT2D eigenvalue weighted by molar-refractivity contribution is 0.0600. The molecule has 1 aromatic heterocycles. The van der Waals surface area contributed by atoms with E-state index < -0.39 is 32.7 Å². The number of fused-ring (bicyclic) bond motifs is 1. The van der Waals surface area contributed by atoms with Gasteiger partial charge in [0.15, 0.2) is 5.95 Å². The third kappa shape index (κ3) is 3.31. The lowest BCUT2D eigenvalue weighted by Gasteiger charge is -2.09. The SMILES string of the molecule is COC(=O)c1ccc(NS(=O)(=O)c2cc3[nH]c(F)cc3cc2F)cc1. The molecule has 0 unspecified atom stereocenters. The van der Waals surface area contributed by atoms with Gasteiger partial charge in [0, 0.05) is 22.7 Å². The summed E-state index contributed by atoms with van der Waals surface area (Å²) in [6, 6.07) is 8.42. The third-order valence-electron chi connectivity index (χ3n) is 3.49. The molecule has 0 spiro atoms.